The number of rotatable bonds is 3. The average molecular weight is 215 g/mol. The number of hydrogen-bond donors (Lipinski definition) is 0. The fourth-order valence-electron chi connectivity index (χ4n) is 2.11. The second-order valence-corrected chi connectivity index (χ2v) is 3.70. The largest absolute Gasteiger partial charge is 0.298 e. The van der Waals surface area contributed by atoms with Crippen molar-refractivity contribution in [2.75, 3.05) is 6.54 Å². The maximum Gasteiger partial charge on any atom is 0.00959 e. The Morgan fingerprint density at radius 2 is 1.67 bits per heavy atom. The van der Waals surface area contributed by atoms with Gasteiger partial charge in [-0.3, -0.25) is 4.90 Å². The lowest BCUT2D eigenvalue weighted by atomic mass is 10.1. The van der Waals surface area contributed by atoms with Crippen LogP contribution in [0.2, 0.25) is 0 Å². The van der Waals surface area contributed by atoms with Crippen molar-refractivity contribution >= 4 is 0 Å². The Morgan fingerprint density at radius 1 is 1.13 bits per heavy atom. The third-order valence-electron chi connectivity index (χ3n) is 3.05. The monoisotopic (exact) mass is 215 g/mol. The maximum atomic E-state index is 2.68. The molecule has 15 heavy (non-hydrogen) atoms. The van der Waals surface area contributed by atoms with Crippen molar-refractivity contribution in [3.05, 3.63) is 0 Å². The highest BCUT2D eigenvalue weighted by atomic mass is 15.2. The molecule has 0 spiro atoms. The minimum Gasteiger partial charge on any atom is -0.298 e. The predicted octanol–water partition coefficient (Wildman–Crippen LogP) is 4.71. The summed E-state index contributed by atoms with van der Waals surface area (Å²) in [5.41, 5.74) is 0. The molecule has 0 N–H and O–H groups in total. The number of nitrogens with zero attached hydrogens (tertiary/aromatic N) is 1. The van der Waals surface area contributed by atoms with Gasteiger partial charge in [0.15, 0.2) is 0 Å². The molecule has 1 rings (SSSR count). The maximum absolute atomic E-state index is 2.68. The minimum atomic E-state index is 0.808. The highest BCUT2D eigenvalue weighted by Crippen LogP contribution is 2.23. The molecule has 0 bridgehead atoms. The summed E-state index contributed by atoms with van der Waals surface area (Å²) < 4.78 is 0. The molecule has 2 atom stereocenters. The topological polar surface area (TPSA) is 3.24 Å². The van der Waals surface area contributed by atoms with Gasteiger partial charge in [-0.2, -0.15) is 0 Å². The van der Waals surface area contributed by atoms with Crippen LogP contribution in [0.4, 0.5) is 0 Å². The van der Waals surface area contributed by atoms with Crippen molar-refractivity contribution in [2.45, 2.75) is 86.2 Å². The fraction of sp³-hybridized carbons (Fsp3) is 1.00. The van der Waals surface area contributed by atoms with E-state index in [-0.39, 0.29) is 0 Å². The van der Waals surface area contributed by atoms with E-state index in [0.29, 0.717) is 0 Å². The normalized spacial score (nSPS) is 22.2. The van der Waals surface area contributed by atoms with E-state index in [1.807, 2.05) is 27.7 Å². The van der Waals surface area contributed by atoms with Gasteiger partial charge in [0, 0.05) is 12.1 Å². The van der Waals surface area contributed by atoms with Crippen molar-refractivity contribution in [3.63, 3.8) is 0 Å². The van der Waals surface area contributed by atoms with Crippen LogP contribution in [0.25, 0.3) is 0 Å². The highest BCUT2D eigenvalue weighted by molar-refractivity contribution is 4.81. The standard InChI is InChI=1S/C10H21N.2C2H6/c1-4-9(3)11-8-6-7-10(11)5-2;2*1-2/h9-10H,4-8H2,1-3H3;2*1-2H3. The molecule has 0 saturated carbocycles. The van der Waals surface area contributed by atoms with Crippen LogP contribution < -0.4 is 0 Å². The van der Waals surface area contributed by atoms with Gasteiger partial charge < -0.3 is 0 Å². The van der Waals surface area contributed by atoms with Crippen molar-refractivity contribution in [1.82, 2.24) is 4.90 Å². The van der Waals surface area contributed by atoms with Gasteiger partial charge in [0.1, 0.15) is 0 Å². The van der Waals surface area contributed by atoms with Gasteiger partial charge in [0.05, 0.1) is 0 Å². The smallest absolute Gasteiger partial charge is 0.00959 e. The average Bonchev–Trinajstić information content (AvgIpc) is 2.81. The molecule has 1 aliphatic rings. The van der Waals surface area contributed by atoms with Crippen molar-refractivity contribution < 1.29 is 0 Å². The summed E-state index contributed by atoms with van der Waals surface area (Å²) in [5, 5.41) is 0. The van der Waals surface area contributed by atoms with E-state index in [1.54, 1.807) is 0 Å². The number of hydrogen-bond acceptors (Lipinski definition) is 1. The van der Waals surface area contributed by atoms with E-state index in [0.717, 1.165) is 12.1 Å². The van der Waals surface area contributed by atoms with Gasteiger partial charge in [-0.05, 0) is 39.2 Å². The quantitative estimate of drug-likeness (QED) is 0.659. The first kappa shape index (κ1) is 17.4. The van der Waals surface area contributed by atoms with Gasteiger partial charge in [-0.1, -0.05) is 41.5 Å². The van der Waals surface area contributed by atoms with Crippen molar-refractivity contribution in [3.8, 4) is 0 Å². The Labute approximate surface area is 98.2 Å². The fourth-order valence-corrected chi connectivity index (χ4v) is 2.11. The molecule has 1 aliphatic heterocycles. The second-order valence-electron chi connectivity index (χ2n) is 3.70. The van der Waals surface area contributed by atoms with Gasteiger partial charge in [-0.25, -0.2) is 0 Å². The van der Waals surface area contributed by atoms with Crippen LogP contribution in [0.15, 0.2) is 0 Å². The van der Waals surface area contributed by atoms with E-state index in [9.17, 15) is 0 Å². The molecule has 2 unspecified atom stereocenters. The molecule has 0 aromatic heterocycles. The SMILES string of the molecule is CC.CC.CCC(C)N1CCCC1CC. The lowest BCUT2D eigenvalue weighted by Gasteiger charge is -2.29. The Kier molecular flexibility index (Phi) is 13.9. The zero-order valence-electron chi connectivity index (χ0n) is 12.1. The molecule has 1 heterocycles. The summed E-state index contributed by atoms with van der Waals surface area (Å²) in [7, 11) is 0. The van der Waals surface area contributed by atoms with Crippen LogP contribution in [-0.4, -0.2) is 23.5 Å². The predicted molar refractivity (Wildman–Crippen MR) is 72.5 cm³/mol. The molecular formula is C14H33N. The van der Waals surface area contributed by atoms with Gasteiger partial charge in [0.2, 0.25) is 0 Å². The molecule has 0 radical (unpaired) electrons. The first-order valence-corrected chi connectivity index (χ1v) is 7.05. The molecule has 1 fully saturated rings. The Balaban J connectivity index is 0. The summed E-state index contributed by atoms with van der Waals surface area (Å²) in [6.07, 6.45) is 5.49. The van der Waals surface area contributed by atoms with Crippen molar-refractivity contribution in [2.24, 2.45) is 0 Å². The lowest BCUT2D eigenvalue weighted by molar-refractivity contribution is 0.183. The summed E-state index contributed by atoms with van der Waals surface area (Å²) >= 11 is 0. The van der Waals surface area contributed by atoms with Crippen LogP contribution in [-0.2, 0) is 0 Å². The molecule has 0 aromatic rings. The summed E-state index contributed by atoms with van der Waals surface area (Å²) in [4.78, 5) is 2.68. The molecule has 1 heteroatoms. The minimum absolute atomic E-state index is 0.808. The zero-order valence-corrected chi connectivity index (χ0v) is 12.1. The lowest BCUT2D eigenvalue weighted by Crippen LogP contribution is -2.36. The van der Waals surface area contributed by atoms with Crippen molar-refractivity contribution in [1.29, 1.82) is 0 Å². The van der Waals surface area contributed by atoms with E-state index in [4.69, 9.17) is 0 Å². The first-order chi connectivity index (χ1) is 7.29. The summed E-state index contributed by atoms with van der Waals surface area (Å²) in [6.45, 7) is 16.3. The van der Waals surface area contributed by atoms with Crippen LogP contribution in [0.3, 0.4) is 0 Å². The first-order valence-electron chi connectivity index (χ1n) is 7.05. The van der Waals surface area contributed by atoms with Gasteiger partial charge in [0.25, 0.3) is 0 Å². The third kappa shape index (κ3) is 6.19. The molecular weight excluding hydrogens is 182 g/mol. The zero-order chi connectivity index (χ0) is 12.3. The van der Waals surface area contributed by atoms with Crippen LogP contribution in [0.1, 0.15) is 74.1 Å². The highest BCUT2D eigenvalue weighted by Gasteiger charge is 2.25. The van der Waals surface area contributed by atoms with Gasteiger partial charge in [-0.15, -0.1) is 0 Å². The molecule has 1 nitrogen and oxygen atoms in total. The Bertz CT molecular complexity index is 112. The molecule has 94 valence electrons. The van der Waals surface area contributed by atoms with E-state index >= 15 is 0 Å². The van der Waals surface area contributed by atoms with E-state index in [1.165, 1.54) is 32.2 Å². The third-order valence-corrected chi connectivity index (χ3v) is 3.05. The van der Waals surface area contributed by atoms with Crippen LogP contribution in [0.5, 0.6) is 0 Å². The summed E-state index contributed by atoms with van der Waals surface area (Å²) in [5.74, 6) is 0. The Morgan fingerprint density at radius 3 is 2.07 bits per heavy atom. The molecule has 0 aliphatic carbocycles. The van der Waals surface area contributed by atoms with Gasteiger partial charge >= 0.3 is 0 Å². The molecule has 1 saturated heterocycles. The van der Waals surface area contributed by atoms with Crippen LogP contribution in [0, 0.1) is 0 Å². The van der Waals surface area contributed by atoms with E-state index < -0.39 is 0 Å². The Hall–Kier alpha value is -0.0400. The number of likely N-dealkylation sites (tertiary alicyclic amines) is 1. The van der Waals surface area contributed by atoms with Crippen LogP contribution >= 0.6 is 0 Å². The molecule has 0 amide bonds. The second kappa shape index (κ2) is 12.0. The molecule has 0 aromatic carbocycles. The van der Waals surface area contributed by atoms with E-state index in [2.05, 4.69) is 25.7 Å². The summed E-state index contributed by atoms with van der Waals surface area (Å²) in [6, 6.07) is 1.70.